The number of ether oxygens (including phenoxy) is 4. The summed E-state index contributed by atoms with van der Waals surface area (Å²) in [4.78, 5) is 13.4. The molecule has 12 nitrogen and oxygen atoms in total. The van der Waals surface area contributed by atoms with Gasteiger partial charge in [-0.25, -0.2) is 37.4 Å². The average Bonchev–Trinajstić information content (AvgIpc) is 3.80. The molecule has 1 aliphatic carbocycles. The number of aliphatic hydroxyl groups excluding tert-OH is 4. The molecule has 52 heavy (non-hydrogen) atoms. The third kappa shape index (κ3) is 15.7. The highest BCUT2D eigenvalue weighted by atomic mass is 32.2. The zero-order valence-electron chi connectivity index (χ0n) is 39.6. The van der Waals surface area contributed by atoms with Crippen LogP contribution in [0.25, 0.3) is 6.08 Å². The van der Waals surface area contributed by atoms with Crippen LogP contribution < -0.4 is 10.1 Å². The molecular weight excluding hydrogens is 765 g/mol. The van der Waals surface area contributed by atoms with Gasteiger partial charge in [-0.05, 0) is 87.9 Å². The van der Waals surface area contributed by atoms with Gasteiger partial charge in [0.05, 0.1) is 12.6 Å². The minimum atomic E-state index is -1.18. The first kappa shape index (κ1) is 34.9. The molecule has 3 aliphatic rings. The van der Waals surface area contributed by atoms with Crippen molar-refractivity contribution in [1.29, 1.82) is 13.6 Å². The van der Waals surface area contributed by atoms with Crippen LogP contribution in [0.15, 0.2) is 41.5 Å². The lowest BCUT2D eigenvalue weighted by molar-refractivity contribution is -0.147. The second-order valence-corrected chi connectivity index (χ2v) is 13.9. The molecule has 0 aromatic heterocycles. The van der Waals surface area contributed by atoms with Gasteiger partial charge in [0, 0.05) is 5.57 Å². The fourth-order valence-electron chi connectivity index (χ4n) is 5.06. The molecule has 2 aliphatic heterocycles. The lowest BCUT2D eigenvalue weighted by Gasteiger charge is -2.43. The smallest absolute Gasteiger partial charge is 0.247 e. The molecule has 0 spiro atoms. The first-order chi connectivity index (χ1) is 29.2. The summed E-state index contributed by atoms with van der Waals surface area (Å²) in [5.41, 5.74) is 1.60. The first-order valence-corrected chi connectivity index (χ1v) is 19.4. The number of thiol groups is 3. The van der Waals surface area contributed by atoms with Crippen molar-refractivity contribution in [2.75, 3.05) is 24.7 Å². The Labute approximate surface area is 351 Å². The summed E-state index contributed by atoms with van der Waals surface area (Å²) in [6.07, 6.45) is -5.26. The Kier molecular flexibility index (Phi) is 18.9. The Morgan fingerprint density at radius 2 is 1.62 bits per heavy atom. The highest BCUT2D eigenvalue weighted by molar-refractivity contribution is 8.07. The van der Waals surface area contributed by atoms with Crippen LogP contribution >= 0.6 is 61.5 Å². The number of carbonyl (C=O) groups is 1. The highest BCUT2D eigenvalue weighted by Crippen LogP contribution is 2.34. The highest BCUT2D eigenvalue weighted by Gasteiger charge is 2.55. The summed E-state index contributed by atoms with van der Waals surface area (Å²) in [7, 11) is -2.28. The number of aliphatic hydroxyl groups is 4. The van der Waals surface area contributed by atoms with Crippen molar-refractivity contribution in [1.82, 2.24) is 5.32 Å². The molecule has 5 N–H and O–H groups in total. The zero-order valence-corrected chi connectivity index (χ0v) is 34.0. The Balaban J connectivity index is 0.00000142. The van der Waals surface area contributed by atoms with Crippen molar-refractivity contribution >= 4 is 109 Å². The minimum Gasteiger partial charge on any atom is -0.462 e. The van der Waals surface area contributed by atoms with E-state index in [-0.39, 0.29) is 49.8 Å². The maximum atomic E-state index is 13.4. The van der Waals surface area contributed by atoms with E-state index in [4.69, 9.17) is 56.3 Å². The molecule has 1 saturated carbocycles. The minimum absolute atomic E-state index is 0.0106. The van der Waals surface area contributed by atoms with Crippen molar-refractivity contribution in [2.24, 2.45) is 0 Å². The number of rotatable bonds is 18. The van der Waals surface area contributed by atoms with E-state index in [1.807, 2.05) is 0 Å². The van der Waals surface area contributed by atoms with Crippen molar-refractivity contribution in [3.05, 3.63) is 47.1 Å². The fraction of sp³-hybridized carbons (Fsp3) is 0.633. The lowest BCUT2D eigenvalue weighted by atomic mass is 9.83. The van der Waals surface area contributed by atoms with E-state index in [2.05, 4.69) is 42.8 Å². The molecular formula is C30H54B5NO11S5. The van der Waals surface area contributed by atoms with Crippen molar-refractivity contribution in [3.8, 4) is 5.75 Å². The predicted octanol–water partition coefficient (Wildman–Crippen LogP) is -0.350. The monoisotopic (exact) mass is 834 g/mol. The van der Waals surface area contributed by atoms with Crippen molar-refractivity contribution in [2.45, 2.75) is 95.5 Å². The summed E-state index contributed by atoms with van der Waals surface area (Å²) in [5, 5.41) is 26.9. The number of hydrogen-bond acceptors (Lipinski definition) is 16. The molecule has 1 amide bonds. The maximum Gasteiger partial charge on any atom is 0.247 e. The third-order valence-corrected chi connectivity index (χ3v) is 8.21. The van der Waals surface area contributed by atoms with Gasteiger partial charge in [-0.2, -0.15) is 0 Å². The molecule has 1 aromatic rings. The summed E-state index contributed by atoms with van der Waals surface area (Å²) < 4.78 is 107. The van der Waals surface area contributed by atoms with Crippen molar-refractivity contribution in [3.63, 3.8) is 0 Å². The van der Waals surface area contributed by atoms with E-state index >= 15 is 0 Å². The summed E-state index contributed by atoms with van der Waals surface area (Å²) >= 11 is 12.6. The van der Waals surface area contributed by atoms with Crippen LogP contribution in [0.5, 0.6) is 5.75 Å². The molecule has 1 aromatic carbocycles. The second kappa shape index (κ2) is 28.1. The average molecular weight is 834 g/mol. The van der Waals surface area contributed by atoms with Gasteiger partial charge in [-0.3, -0.25) is 4.79 Å². The fourth-order valence-corrected chi connectivity index (χ4v) is 5.97. The molecule has 0 radical (unpaired) electrons. The topological polar surface area (TPSA) is 165 Å². The number of hydrogen-bond donors (Lipinski definition) is 8. The molecule has 10 atom stereocenters. The molecule has 4 rings (SSSR count). The summed E-state index contributed by atoms with van der Waals surface area (Å²) in [6.45, 7) is 7.37. The Bertz CT molecular complexity index is 1450. The molecule has 290 valence electrons. The van der Waals surface area contributed by atoms with Crippen LogP contribution in [0, 0.1) is 0 Å². The Hall–Kier alpha value is -0.315. The summed E-state index contributed by atoms with van der Waals surface area (Å²) in [5.74, 6) is -0.175. The van der Waals surface area contributed by atoms with Gasteiger partial charge in [0.1, 0.15) is 76.9 Å². The molecule has 2 unspecified atom stereocenters. The normalized spacial score (nSPS) is 31.9. The van der Waals surface area contributed by atoms with E-state index in [9.17, 15) is 9.90 Å². The Morgan fingerprint density at radius 1 is 1.04 bits per heavy atom. The van der Waals surface area contributed by atoms with Gasteiger partial charge in [0.25, 0.3) is 0 Å². The number of amides is 1. The van der Waals surface area contributed by atoms with E-state index in [1.165, 1.54) is 6.08 Å². The maximum absolute atomic E-state index is 13.4. The first-order valence-electron chi connectivity index (χ1n) is 21.3. The number of fused-ring (bicyclic) bond motifs is 1. The molecule has 2 heterocycles. The predicted molar refractivity (Wildman–Crippen MR) is 233 cm³/mol. The number of benzene rings is 1. The van der Waals surface area contributed by atoms with Gasteiger partial charge in [-0.15, -0.1) is 0 Å². The largest absolute Gasteiger partial charge is 0.462 e. The Morgan fingerprint density at radius 3 is 2.17 bits per heavy atom. The molecule has 0 bridgehead atoms. The van der Waals surface area contributed by atoms with E-state index < -0.39 is 82.6 Å². The van der Waals surface area contributed by atoms with Crippen LogP contribution in [0.2, 0.25) is 20.5 Å². The standard InChI is InChI=1S/C27H39B2NO11S2.3CH5BS/c1-13(7-8-31)21-24(41-43-11-29)20(34)27(39-21)38-16-5-3-15(4-6-16)9-14(2)26(35)30-17-18(32)19(33)23-25(37-12-36-23)22(17)40-42-10-28;3*1-2-3/h3-7,9,17-25,27,31-34H,8,10-12,28-29H2,1-2H3,(H,30,35);3*2-3H,1H3/b13-7+,14-9+;;;/t17?,18-,19+,20-,21?,22+,23+,24-,25-,27+;;;/m0.../s1/i28TD,29TD,32T,33T,34T;3*2D. The number of nitrogens with one attached hydrogen (secondary N) is 1. The van der Waals surface area contributed by atoms with E-state index in [1.54, 1.807) is 64.7 Å². The van der Waals surface area contributed by atoms with Gasteiger partial charge >= 0.3 is 0 Å². The molecule has 3 fully saturated rings. The quantitative estimate of drug-likeness (QED) is 0.0319. The van der Waals surface area contributed by atoms with Crippen LogP contribution in [-0.2, 0) is 27.4 Å². The third-order valence-electron chi connectivity index (χ3n) is 7.22. The molecule has 22 heteroatoms. The second-order valence-electron chi connectivity index (χ2n) is 10.8. The molecule has 2 saturated heterocycles. The van der Waals surface area contributed by atoms with Crippen LogP contribution in [-0.4, -0.2) is 161 Å². The van der Waals surface area contributed by atoms with Crippen LogP contribution in [0.3, 0.4) is 0 Å². The van der Waals surface area contributed by atoms with Gasteiger partial charge < -0.3 is 53.1 Å². The van der Waals surface area contributed by atoms with E-state index in [0.29, 0.717) is 16.9 Å². The van der Waals surface area contributed by atoms with Gasteiger partial charge in [0.15, 0.2) is 19.6 Å². The SMILES string of the molecule is [2H]B(C)S.[2H]B(C)S.[2H]B(C)S.[2H]B([3H])CSO[C@@H]1C(/C(C)=C/CO)O[C@@H](Oc2ccc(/C=C(\C)C(=O)NC3[C@@H](OSCB([2H])[3H])[C@@H]4OCO[C@@H]4[C@H](O[3H])[C@H]3O[3H])cc2)[C@H]1O[3H]. The van der Waals surface area contributed by atoms with Crippen molar-refractivity contribution < 1.29 is 52.5 Å². The van der Waals surface area contributed by atoms with Gasteiger partial charge in [-0.1, -0.05) is 38.7 Å². The lowest BCUT2D eigenvalue weighted by Crippen LogP contribution is -2.67. The van der Waals surface area contributed by atoms with E-state index in [0.717, 1.165) is 24.1 Å². The summed E-state index contributed by atoms with van der Waals surface area (Å²) in [6, 6.07) is 5.62. The van der Waals surface area contributed by atoms with Gasteiger partial charge in [0.2, 0.25) is 16.5 Å². The van der Waals surface area contributed by atoms with Crippen LogP contribution in [0.1, 0.15) is 19.4 Å². The zero-order chi connectivity index (χ0) is 47.1. The number of carbonyl (C=O) groups excluding carboxylic acids is 1. The van der Waals surface area contributed by atoms with Crippen LogP contribution in [0.4, 0.5) is 0 Å².